The number of nitrogens with zero attached hydrogens (tertiary/aromatic N) is 1. The number of hydrogen-bond acceptors (Lipinski definition) is 5. The van der Waals surface area contributed by atoms with Crippen molar-refractivity contribution in [2.24, 2.45) is 0 Å². The molecule has 0 spiro atoms. The summed E-state index contributed by atoms with van der Waals surface area (Å²) in [6.45, 7) is 0. The normalized spacial score (nSPS) is 10.9. The predicted molar refractivity (Wildman–Crippen MR) is 64.5 cm³/mol. The fourth-order valence-electron chi connectivity index (χ4n) is 1.59. The number of methoxy groups -OCH3 is 1. The van der Waals surface area contributed by atoms with E-state index in [1.807, 2.05) is 11.4 Å². The van der Waals surface area contributed by atoms with E-state index in [0.29, 0.717) is 16.3 Å². The first-order chi connectivity index (χ1) is 8.26. The summed E-state index contributed by atoms with van der Waals surface area (Å²) in [4.78, 5) is 17.9. The van der Waals surface area contributed by atoms with Crippen LogP contribution in [0.25, 0.3) is 22.4 Å². The molecular weight excluding hydrogens is 240 g/mol. The highest BCUT2D eigenvalue weighted by atomic mass is 32.1. The van der Waals surface area contributed by atoms with Gasteiger partial charge in [-0.05, 0) is 12.1 Å². The van der Waals surface area contributed by atoms with Gasteiger partial charge in [0.25, 0.3) is 5.19 Å². The van der Waals surface area contributed by atoms with Crippen molar-refractivity contribution in [3.8, 4) is 16.5 Å². The molecule has 0 aliphatic heterocycles. The third-order valence-corrected chi connectivity index (χ3v) is 3.18. The second kappa shape index (κ2) is 3.74. The Labute approximate surface area is 99.7 Å². The molecule has 0 bridgehead atoms. The summed E-state index contributed by atoms with van der Waals surface area (Å²) in [6.07, 6.45) is 0. The van der Waals surface area contributed by atoms with Gasteiger partial charge in [-0.15, -0.1) is 0 Å². The van der Waals surface area contributed by atoms with Crippen LogP contribution in [0.1, 0.15) is 0 Å². The van der Waals surface area contributed by atoms with Gasteiger partial charge in [0.05, 0.1) is 18.3 Å². The Kier molecular flexibility index (Phi) is 2.22. The minimum Gasteiger partial charge on any atom is -0.473 e. The Morgan fingerprint density at radius 1 is 1.47 bits per heavy atom. The fraction of sp³-hybridized carbons (Fsp3) is 0.0909. The van der Waals surface area contributed by atoms with Crippen LogP contribution in [0.15, 0.2) is 32.8 Å². The largest absolute Gasteiger partial charge is 0.473 e. The highest BCUT2D eigenvalue weighted by Crippen LogP contribution is 2.27. The predicted octanol–water partition coefficient (Wildman–Crippen LogP) is 2.25. The van der Waals surface area contributed by atoms with Crippen LogP contribution in [-0.4, -0.2) is 17.1 Å². The minimum absolute atomic E-state index is 0.451. The van der Waals surface area contributed by atoms with E-state index in [1.165, 1.54) is 11.3 Å². The lowest BCUT2D eigenvalue weighted by Crippen LogP contribution is -1.92. The lowest BCUT2D eigenvalue weighted by Gasteiger charge is -1.95. The molecule has 1 N–H and O–H groups in total. The van der Waals surface area contributed by atoms with Gasteiger partial charge in [0.2, 0.25) is 0 Å². The van der Waals surface area contributed by atoms with Crippen molar-refractivity contribution >= 4 is 22.4 Å². The van der Waals surface area contributed by atoms with Crippen LogP contribution < -0.4 is 10.5 Å². The molecule has 1 aromatic carbocycles. The zero-order chi connectivity index (χ0) is 11.8. The summed E-state index contributed by atoms with van der Waals surface area (Å²) in [5, 5.41) is 2.50. The van der Waals surface area contributed by atoms with Crippen molar-refractivity contribution in [3.05, 3.63) is 34.1 Å². The number of nitrogens with one attached hydrogen (secondary N) is 1. The zero-order valence-corrected chi connectivity index (χ0v) is 9.71. The van der Waals surface area contributed by atoms with Gasteiger partial charge in [-0.2, -0.15) is 0 Å². The van der Waals surface area contributed by atoms with Crippen molar-refractivity contribution < 1.29 is 9.15 Å². The quantitative estimate of drug-likeness (QED) is 0.755. The summed E-state index contributed by atoms with van der Waals surface area (Å²) in [7, 11) is 1.58. The number of aromatic amines is 1. The Morgan fingerprint density at radius 3 is 3.12 bits per heavy atom. The molecule has 5 nitrogen and oxygen atoms in total. The molecule has 0 radical (unpaired) electrons. The monoisotopic (exact) mass is 248 g/mol. The van der Waals surface area contributed by atoms with Crippen LogP contribution in [0.5, 0.6) is 5.19 Å². The van der Waals surface area contributed by atoms with E-state index in [1.54, 1.807) is 19.2 Å². The second-order valence-corrected chi connectivity index (χ2v) is 4.25. The van der Waals surface area contributed by atoms with Gasteiger partial charge in [-0.3, -0.25) is 4.98 Å². The topological polar surface area (TPSA) is 68.1 Å². The zero-order valence-electron chi connectivity index (χ0n) is 8.89. The van der Waals surface area contributed by atoms with Crippen LogP contribution in [0.4, 0.5) is 0 Å². The van der Waals surface area contributed by atoms with Crippen LogP contribution in [0.3, 0.4) is 0 Å². The van der Waals surface area contributed by atoms with E-state index in [-0.39, 0.29) is 0 Å². The van der Waals surface area contributed by atoms with Gasteiger partial charge >= 0.3 is 5.76 Å². The lowest BCUT2D eigenvalue weighted by atomic mass is 10.1. The van der Waals surface area contributed by atoms with Gasteiger partial charge in [0.1, 0.15) is 0 Å². The fourth-order valence-corrected chi connectivity index (χ4v) is 2.24. The molecule has 3 rings (SSSR count). The number of rotatable bonds is 2. The van der Waals surface area contributed by atoms with Crippen LogP contribution >= 0.6 is 11.3 Å². The second-order valence-electron chi connectivity index (χ2n) is 3.43. The molecule has 2 heterocycles. The molecule has 86 valence electrons. The first-order valence-electron chi connectivity index (χ1n) is 4.89. The molecule has 0 saturated heterocycles. The van der Waals surface area contributed by atoms with Crippen LogP contribution in [-0.2, 0) is 0 Å². The summed E-state index contributed by atoms with van der Waals surface area (Å²) >= 11 is 1.42. The number of ether oxygens (including phenoxy) is 1. The molecule has 0 aliphatic rings. The maximum absolute atomic E-state index is 11.0. The Morgan fingerprint density at radius 2 is 2.35 bits per heavy atom. The summed E-state index contributed by atoms with van der Waals surface area (Å²) in [6, 6.07) is 5.45. The van der Waals surface area contributed by atoms with Crippen molar-refractivity contribution in [2.75, 3.05) is 7.11 Å². The molecule has 0 aliphatic carbocycles. The van der Waals surface area contributed by atoms with E-state index < -0.39 is 5.76 Å². The summed E-state index contributed by atoms with van der Waals surface area (Å²) in [5.41, 5.74) is 2.90. The first kappa shape index (κ1) is 10.1. The Bertz CT molecular complexity index is 725. The van der Waals surface area contributed by atoms with E-state index in [9.17, 15) is 4.79 Å². The average Bonchev–Trinajstić information content (AvgIpc) is 2.92. The van der Waals surface area contributed by atoms with Crippen LogP contribution in [0, 0.1) is 0 Å². The molecule has 0 amide bonds. The maximum atomic E-state index is 11.0. The highest BCUT2D eigenvalue weighted by Gasteiger charge is 2.07. The molecule has 17 heavy (non-hydrogen) atoms. The number of hydrogen-bond donors (Lipinski definition) is 1. The van der Waals surface area contributed by atoms with E-state index >= 15 is 0 Å². The van der Waals surface area contributed by atoms with Gasteiger partial charge in [-0.25, -0.2) is 9.78 Å². The number of aromatic nitrogens is 2. The average molecular weight is 248 g/mol. The molecular formula is C11H8N2O3S. The highest BCUT2D eigenvalue weighted by molar-refractivity contribution is 7.11. The molecule has 6 heteroatoms. The third-order valence-electron chi connectivity index (χ3n) is 2.37. The number of benzene rings is 1. The number of thiazole rings is 1. The first-order valence-corrected chi connectivity index (χ1v) is 5.77. The summed E-state index contributed by atoms with van der Waals surface area (Å²) in [5.74, 6) is -0.451. The van der Waals surface area contributed by atoms with Crippen LogP contribution in [0.2, 0.25) is 0 Å². The van der Waals surface area contributed by atoms with Gasteiger partial charge in [0.15, 0.2) is 5.58 Å². The third kappa shape index (κ3) is 1.72. The Hall–Kier alpha value is -2.08. The SMILES string of the molecule is COc1nc(-c2ccc3[nH]c(=O)oc3c2)cs1. The molecule has 0 fully saturated rings. The number of fused-ring (bicyclic) bond motifs is 1. The molecule has 3 aromatic rings. The van der Waals surface area contributed by atoms with Gasteiger partial charge < -0.3 is 9.15 Å². The maximum Gasteiger partial charge on any atom is 0.417 e. The number of oxazole rings is 1. The smallest absolute Gasteiger partial charge is 0.417 e. The summed E-state index contributed by atoms with van der Waals surface area (Å²) < 4.78 is 10.0. The van der Waals surface area contributed by atoms with Gasteiger partial charge in [0, 0.05) is 10.9 Å². The van der Waals surface area contributed by atoms with E-state index in [4.69, 9.17) is 9.15 Å². The minimum atomic E-state index is -0.451. The van der Waals surface area contributed by atoms with E-state index in [2.05, 4.69) is 9.97 Å². The number of H-pyrrole nitrogens is 1. The molecule has 0 atom stereocenters. The standard InChI is InChI=1S/C11H8N2O3S/c1-15-11-13-8(5-17-11)6-2-3-7-9(4-6)16-10(14)12-7/h2-5H,1H3,(H,12,14). The molecule has 2 aromatic heterocycles. The Balaban J connectivity index is 2.13. The molecule has 0 unspecified atom stereocenters. The van der Waals surface area contributed by atoms with Crippen molar-refractivity contribution in [3.63, 3.8) is 0 Å². The van der Waals surface area contributed by atoms with Gasteiger partial charge in [-0.1, -0.05) is 17.4 Å². The lowest BCUT2D eigenvalue weighted by molar-refractivity contribution is 0.412. The van der Waals surface area contributed by atoms with E-state index in [0.717, 1.165) is 11.3 Å². The van der Waals surface area contributed by atoms with Crippen molar-refractivity contribution in [1.29, 1.82) is 0 Å². The van der Waals surface area contributed by atoms with Crippen molar-refractivity contribution in [2.45, 2.75) is 0 Å². The molecule has 0 saturated carbocycles. The van der Waals surface area contributed by atoms with Crippen molar-refractivity contribution in [1.82, 2.24) is 9.97 Å².